The molecule has 0 aromatic heterocycles. The van der Waals surface area contributed by atoms with Crippen molar-refractivity contribution in [3.8, 4) is 0 Å². The Morgan fingerprint density at radius 1 is 1.24 bits per heavy atom. The predicted octanol–water partition coefficient (Wildman–Crippen LogP) is 2.20. The van der Waals surface area contributed by atoms with Gasteiger partial charge in [-0.1, -0.05) is 30.3 Å². The summed E-state index contributed by atoms with van der Waals surface area (Å²) in [5.41, 5.74) is 0.891. The van der Waals surface area contributed by atoms with Crippen molar-refractivity contribution in [3.05, 3.63) is 53.4 Å². The average Bonchev–Trinajstić information content (AvgIpc) is 2.51. The van der Waals surface area contributed by atoms with Gasteiger partial charge in [0, 0.05) is 6.08 Å². The zero-order valence-corrected chi connectivity index (χ0v) is 11.8. The van der Waals surface area contributed by atoms with Gasteiger partial charge < -0.3 is 24.1 Å². The summed E-state index contributed by atoms with van der Waals surface area (Å²) in [5, 5.41) is 12.1. The lowest BCUT2D eigenvalue weighted by atomic mass is 10.2. The molecule has 6 nitrogen and oxygen atoms in total. The van der Waals surface area contributed by atoms with Crippen LogP contribution in [0.2, 0.25) is 0 Å². The van der Waals surface area contributed by atoms with Gasteiger partial charge in [-0.15, -0.1) is 0 Å². The van der Waals surface area contributed by atoms with Gasteiger partial charge in [0.05, 0.1) is 19.4 Å². The van der Waals surface area contributed by atoms with Crippen molar-refractivity contribution in [1.82, 2.24) is 0 Å². The zero-order chi connectivity index (χ0) is 15.0. The van der Waals surface area contributed by atoms with Crippen LogP contribution < -0.4 is 0 Å². The van der Waals surface area contributed by atoms with Crippen LogP contribution >= 0.6 is 0 Å². The summed E-state index contributed by atoms with van der Waals surface area (Å²) in [6.07, 6.45) is 2.29. The summed E-state index contributed by atoms with van der Waals surface area (Å²) in [6, 6.07) is 9.34. The fourth-order valence-corrected chi connectivity index (χ4v) is 1.91. The molecule has 1 heterocycles. The van der Waals surface area contributed by atoms with Gasteiger partial charge >= 0.3 is 6.16 Å². The minimum absolute atomic E-state index is 0.0245. The van der Waals surface area contributed by atoms with Gasteiger partial charge in [0.1, 0.15) is 26.3 Å². The highest BCUT2D eigenvalue weighted by Gasteiger charge is 2.17. The van der Waals surface area contributed by atoms with Crippen LogP contribution in [0.25, 0.3) is 0 Å². The van der Waals surface area contributed by atoms with E-state index >= 15 is 0 Å². The minimum atomic E-state index is -0.747. The number of rotatable bonds is 5. The molecular weight excluding hydrogens is 274 g/mol. The van der Waals surface area contributed by atoms with E-state index in [2.05, 4.69) is 0 Å². The maximum absolute atomic E-state index is 12.1. The second-order valence-corrected chi connectivity index (χ2v) is 4.73. The van der Waals surface area contributed by atoms with Crippen LogP contribution in [-0.2, 0) is 20.8 Å². The van der Waals surface area contributed by atoms with Crippen molar-refractivity contribution < 1.29 is 23.7 Å². The third kappa shape index (κ3) is 5.55. The number of hydrogen-bond acceptors (Lipinski definition) is 5. The lowest BCUT2D eigenvalue weighted by molar-refractivity contribution is -0.838. The SMILES string of the molecule is O=C(OCC=C[N+]1([O-])CCOCC1)OCc1ccccc1. The van der Waals surface area contributed by atoms with Gasteiger partial charge in [0.25, 0.3) is 0 Å². The first-order valence-corrected chi connectivity index (χ1v) is 6.85. The van der Waals surface area contributed by atoms with E-state index in [0.717, 1.165) is 5.56 Å². The average molecular weight is 293 g/mol. The number of benzene rings is 1. The quantitative estimate of drug-likeness (QED) is 0.473. The molecule has 1 aliphatic rings. The summed E-state index contributed by atoms with van der Waals surface area (Å²) in [5.74, 6) is 0. The van der Waals surface area contributed by atoms with Crippen molar-refractivity contribution in [3.63, 3.8) is 0 Å². The molecule has 6 heteroatoms. The number of carbonyl (C=O) groups is 1. The Bertz CT molecular complexity index is 468. The molecular formula is C15H19NO5. The number of quaternary nitrogens is 1. The van der Waals surface area contributed by atoms with Crippen LogP contribution in [0.1, 0.15) is 5.56 Å². The zero-order valence-electron chi connectivity index (χ0n) is 11.8. The largest absolute Gasteiger partial charge is 0.628 e. The standard InChI is InChI=1S/C15H19NO5/c17-15(21-13-14-5-2-1-3-6-14)20-10-4-7-16(18)8-11-19-12-9-16/h1-7H,8-13H2. The first-order chi connectivity index (χ1) is 10.2. The Kier molecular flexibility index (Phi) is 5.74. The third-order valence-corrected chi connectivity index (χ3v) is 3.10. The topological polar surface area (TPSA) is 67.8 Å². The molecule has 0 unspecified atom stereocenters. The number of hydroxylamine groups is 3. The molecule has 1 aromatic carbocycles. The monoisotopic (exact) mass is 293 g/mol. The third-order valence-electron chi connectivity index (χ3n) is 3.10. The summed E-state index contributed by atoms with van der Waals surface area (Å²) >= 11 is 0. The normalized spacial score (nSPS) is 17.6. The molecule has 1 fully saturated rings. The molecule has 0 amide bonds. The Morgan fingerprint density at radius 3 is 2.67 bits per heavy atom. The number of carbonyl (C=O) groups excluding carboxylic acids is 1. The Hall–Kier alpha value is -1.89. The van der Waals surface area contributed by atoms with E-state index in [1.165, 1.54) is 6.20 Å². The molecule has 1 aromatic rings. The highest BCUT2D eigenvalue weighted by Crippen LogP contribution is 2.09. The number of morpholine rings is 1. The van der Waals surface area contributed by atoms with Gasteiger partial charge in [-0.25, -0.2) is 4.79 Å². The first kappa shape index (κ1) is 15.5. The molecule has 0 spiro atoms. The van der Waals surface area contributed by atoms with Crippen molar-refractivity contribution in [2.45, 2.75) is 6.61 Å². The molecule has 1 aliphatic heterocycles. The van der Waals surface area contributed by atoms with Crippen molar-refractivity contribution in [2.24, 2.45) is 0 Å². The molecule has 114 valence electrons. The molecule has 0 radical (unpaired) electrons. The van der Waals surface area contributed by atoms with Crippen molar-refractivity contribution in [2.75, 3.05) is 32.9 Å². The molecule has 0 N–H and O–H groups in total. The van der Waals surface area contributed by atoms with E-state index < -0.39 is 10.8 Å². The Morgan fingerprint density at radius 2 is 1.95 bits per heavy atom. The fraction of sp³-hybridized carbons (Fsp3) is 0.400. The van der Waals surface area contributed by atoms with Crippen LogP contribution in [-0.4, -0.2) is 43.7 Å². The number of hydrogen-bond donors (Lipinski definition) is 0. The van der Waals surface area contributed by atoms with Crippen LogP contribution in [0.4, 0.5) is 4.79 Å². The van der Waals surface area contributed by atoms with Gasteiger partial charge in [-0.3, -0.25) is 0 Å². The minimum Gasteiger partial charge on any atom is -0.628 e. The van der Waals surface area contributed by atoms with Gasteiger partial charge in [-0.2, -0.15) is 0 Å². The number of ether oxygens (including phenoxy) is 3. The predicted molar refractivity (Wildman–Crippen MR) is 75.9 cm³/mol. The van der Waals surface area contributed by atoms with E-state index in [0.29, 0.717) is 26.3 Å². The number of nitrogens with zero attached hydrogens (tertiary/aromatic N) is 1. The van der Waals surface area contributed by atoms with E-state index in [4.69, 9.17) is 14.2 Å². The fourth-order valence-electron chi connectivity index (χ4n) is 1.91. The van der Waals surface area contributed by atoms with Crippen molar-refractivity contribution in [1.29, 1.82) is 0 Å². The molecule has 2 rings (SSSR count). The van der Waals surface area contributed by atoms with Crippen LogP contribution in [0.3, 0.4) is 0 Å². The smallest absolute Gasteiger partial charge is 0.508 e. The van der Waals surface area contributed by atoms with Gasteiger partial charge in [-0.05, 0) is 5.56 Å². The molecule has 1 saturated heterocycles. The molecule has 0 atom stereocenters. The van der Waals surface area contributed by atoms with Gasteiger partial charge in [0.15, 0.2) is 0 Å². The molecule has 0 saturated carbocycles. The van der Waals surface area contributed by atoms with E-state index in [9.17, 15) is 10.0 Å². The first-order valence-electron chi connectivity index (χ1n) is 6.85. The van der Waals surface area contributed by atoms with Gasteiger partial charge in [0.2, 0.25) is 0 Å². The Labute approximate surface area is 123 Å². The molecule has 0 bridgehead atoms. The lowest BCUT2D eigenvalue weighted by Gasteiger charge is -2.41. The highest BCUT2D eigenvalue weighted by atomic mass is 16.7. The second-order valence-electron chi connectivity index (χ2n) is 4.73. The highest BCUT2D eigenvalue weighted by molar-refractivity contribution is 5.60. The van der Waals surface area contributed by atoms with Crippen LogP contribution in [0.5, 0.6) is 0 Å². The van der Waals surface area contributed by atoms with Crippen LogP contribution in [0.15, 0.2) is 42.6 Å². The summed E-state index contributed by atoms with van der Waals surface area (Å²) in [6.45, 7) is 1.87. The van der Waals surface area contributed by atoms with E-state index in [1.54, 1.807) is 6.08 Å². The maximum Gasteiger partial charge on any atom is 0.508 e. The summed E-state index contributed by atoms with van der Waals surface area (Å²) in [7, 11) is 0. The summed E-state index contributed by atoms with van der Waals surface area (Å²) < 4.78 is 14.5. The molecule has 21 heavy (non-hydrogen) atoms. The molecule has 0 aliphatic carbocycles. The van der Waals surface area contributed by atoms with E-state index in [-0.39, 0.29) is 13.2 Å². The van der Waals surface area contributed by atoms with Crippen LogP contribution in [0, 0.1) is 5.21 Å². The van der Waals surface area contributed by atoms with Crippen molar-refractivity contribution >= 4 is 6.16 Å². The Balaban J connectivity index is 1.65. The second kappa shape index (κ2) is 7.78. The maximum atomic E-state index is 12.1. The summed E-state index contributed by atoms with van der Waals surface area (Å²) in [4.78, 5) is 11.4. The lowest BCUT2D eigenvalue weighted by Crippen LogP contribution is -2.46. The van der Waals surface area contributed by atoms with E-state index in [1.807, 2.05) is 30.3 Å².